The molecule has 0 aliphatic carbocycles. The van der Waals surface area contributed by atoms with Gasteiger partial charge in [-0.1, -0.05) is 71.3 Å². The molecule has 0 spiro atoms. The SMILES string of the molecule is COC(=O)/C(=C/c1ccc(Cl)cc1)[C@H]1[C@@H](c2ccc(C)cc2)N1S(=O)(=O)c1ccc(C)cc1. The van der Waals surface area contributed by atoms with Gasteiger partial charge in [-0.2, -0.15) is 4.31 Å². The van der Waals surface area contributed by atoms with Crippen molar-refractivity contribution in [2.75, 3.05) is 7.11 Å². The minimum atomic E-state index is -3.86. The molecule has 1 aliphatic rings. The highest BCUT2D eigenvalue weighted by atomic mass is 35.5. The first-order valence-electron chi connectivity index (χ1n) is 10.4. The summed E-state index contributed by atoms with van der Waals surface area (Å²) in [5.41, 5.74) is 3.83. The summed E-state index contributed by atoms with van der Waals surface area (Å²) < 4.78 is 33.6. The van der Waals surface area contributed by atoms with Gasteiger partial charge in [-0.15, -0.1) is 0 Å². The van der Waals surface area contributed by atoms with E-state index in [4.69, 9.17) is 16.3 Å². The zero-order valence-corrected chi connectivity index (χ0v) is 20.1. The lowest BCUT2D eigenvalue weighted by Gasteiger charge is -2.09. The third-order valence-electron chi connectivity index (χ3n) is 5.70. The minimum absolute atomic E-state index is 0.184. The number of carbonyl (C=O) groups is 1. The number of esters is 1. The molecular weight excluding hydrogens is 458 g/mol. The summed E-state index contributed by atoms with van der Waals surface area (Å²) in [4.78, 5) is 13.0. The van der Waals surface area contributed by atoms with Crippen LogP contribution in [0.5, 0.6) is 0 Å². The van der Waals surface area contributed by atoms with Crippen molar-refractivity contribution in [1.82, 2.24) is 4.31 Å². The Balaban J connectivity index is 1.82. The van der Waals surface area contributed by atoms with E-state index in [1.807, 2.05) is 38.1 Å². The summed E-state index contributed by atoms with van der Waals surface area (Å²) >= 11 is 5.99. The average Bonchev–Trinajstić information content (AvgIpc) is 3.55. The zero-order chi connectivity index (χ0) is 23.8. The fourth-order valence-electron chi connectivity index (χ4n) is 3.86. The van der Waals surface area contributed by atoms with Crippen LogP contribution in [0.3, 0.4) is 0 Å². The molecule has 4 rings (SSSR count). The van der Waals surface area contributed by atoms with Crippen molar-refractivity contribution in [3.05, 3.63) is 106 Å². The number of carbonyl (C=O) groups excluding carboxylic acids is 1. The maximum Gasteiger partial charge on any atom is 0.335 e. The standard InChI is InChI=1S/C26H24ClNO4S/c1-17-4-10-20(11-5-17)24-25(28(24)33(30,31)22-14-6-18(2)7-15-22)23(26(29)32-3)16-19-8-12-21(27)13-9-19/h4-16,24-25H,1-3H3/b23-16+/t24-,25+,28?/m1/s1. The van der Waals surface area contributed by atoms with Gasteiger partial charge in [-0.05, 0) is 55.3 Å². The highest BCUT2D eigenvalue weighted by Crippen LogP contribution is 2.51. The van der Waals surface area contributed by atoms with E-state index in [9.17, 15) is 13.2 Å². The number of aryl methyl sites for hydroxylation is 2. The molecule has 1 saturated heterocycles. The predicted molar refractivity (Wildman–Crippen MR) is 129 cm³/mol. The summed E-state index contributed by atoms with van der Waals surface area (Å²) in [5, 5.41) is 0.569. The molecule has 0 bridgehead atoms. The maximum atomic E-state index is 13.6. The molecule has 33 heavy (non-hydrogen) atoms. The Bertz CT molecular complexity index is 1300. The van der Waals surface area contributed by atoms with Crippen molar-refractivity contribution in [2.24, 2.45) is 0 Å². The van der Waals surface area contributed by atoms with Gasteiger partial charge in [0.2, 0.25) is 10.0 Å². The topological polar surface area (TPSA) is 63.5 Å². The van der Waals surface area contributed by atoms with E-state index in [0.29, 0.717) is 5.02 Å². The van der Waals surface area contributed by atoms with E-state index in [-0.39, 0.29) is 10.5 Å². The van der Waals surface area contributed by atoms with Gasteiger partial charge in [0, 0.05) is 5.02 Å². The third kappa shape index (κ3) is 4.74. The summed E-state index contributed by atoms with van der Waals surface area (Å²) in [6.45, 7) is 3.87. The van der Waals surface area contributed by atoms with Crippen molar-refractivity contribution < 1.29 is 17.9 Å². The van der Waals surface area contributed by atoms with E-state index in [2.05, 4.69) is 0 Å². The van der Waals surface area contributed by atoms with Crippen molar-refractivity contribution in [1.29, 1.82) is 0 Å². The highest BCUT2D eigenvalue weighted by Gasteiger charge is 2.59. The molecular formula is C26H24ClNO4S. The van der Waals surface area contributed by atoms with Crippen LogP contribution in [-0.2, 0) is 19.6 Å². The van der Waals surface area contributed by atoms with Gasteiger partial charge in [0.25, 0.3) is 0 Å². The van der Waals surface area contributed by atoms with Crippen LogP contribution in [-0.4, -0.2) is 31.8 Å². The van der Waals surface area contributed by atoms with Crippen LogP contribution < -0.4 is 0 Å². The molecule has 0 radical (unpaired) electrons. The summed E-state index contributed by atoms with van der Waals surface area (Å²) in [6.07, 6.45) is 1.67. The number of ether oxygens (including phenoxy) is 1. The van der Waals surface area contributed by atoms with Crippen molar-refractivity contribution >= 4 is 33.7 Å². The lowest BCUT2D eigenvalue weighted by Crippen LogP contribution is -2.19. The van der Waals surface area contributed by atoms with Crippen LogP contribution in [0.25, 0.3) is 6.08 Å². The third-order valence-corrected chi connectivity index (χ3v) is 7.83. The van der Waals surface area contributed by atoms with Gasteiger partial charge < -0.3 is 4.74 Å². The Morgan fingerprint density at radius 2 is 1.45 bits per heavy atom. The van der Waals surface area contributed by atoms with Gasteiger partial charge >= 0.3 is 5.97 Å². The number of hydrogen-bond donors (Lipinski definition) is 0. The Morgan fingerprint density at radius 3 is 2.00 bits per heavy atom. The van der Waals surface area contributed by atoms with Gasteiger partial charge in [-0.25, -0.2) is 13.2 Å². The van der Waals surface area contributed by atoms with Crippen molar-refractivity contribution in [3.8, 4) is 0 Å². The molecule has 0 N–H and O–H groups in total. The number of benzene rings is 3. The average molecular weight is 482 g/mol. The van der Waals surface area contributed by atoms with E-state index >= 15 is 0 Å². The Hall–Kier alpha value is -2.93. The molecule has 0 saturated carbocycles. The normalized spacial score (nSPS) is 20.4. The molecule has 1 fully saturated rings. The number of nitrogens with zero attached hydrogens (tertiary/aromatic N) is 1. The van der Waals surface area contributed by atoms with Crippen molar-refractivity contribution in [2.45, 2.75) is 30.8 Å². The van der Waals surface area contributed by atoms with Crippen molar-refractivity contribution in [3.63, 3.8) is 0 Å². The lowest BCUT2D eigenvalue weighted by atomic mass is 10.0. The fourth-order valence-corrected chi connectivity index (χ4v) is 5.72. The van der Waals surface area contributed by atoms with Gasteiger partial charge in [0.15, 0.2) is 0 Å². The molecule has 1 unspecified atom stereocenters. The van der Waals surface area contributed by atoms with Crippen LogP contribution >= 0.6 is 11.6 Å². The molecule has 0 amide bonds. The molecule has 7 heteroatoms. The predicted octanol–water partition coefficient (Wildman–Crippen LogP) is 5.33. The van der Waals surface area contributed by atoms with Crippen LogP contribution in [0, 0.1) is 13.8 Å². The molecule has 3 aromatic carbocycles. The monoisotopic (exact) mass is 481 g/mol. The van der Waals surface area contributed by atoms with E-state index in [1.54, 1.807) is 54.6 Å². The van der Waals surface area contributed by atoms with E-state index < -0.39 is 28.1 Å². The fraction of sp³-hybridized carbons (Fsp3) is 0.192. The molecule has 0 aromatic heterocycles. The van der Waals surface area contributed by atoms with E-state index in [0.717, 1.165) is 22.3 Å². The van der Waals surface area contributed by atoms with E-state index in [1.165, 1.54) is 11.4 Å². The number of hydrogen-bond acceptors (Lipinski definition) is 4. The largest absolute Gasteiger partial charge is 0.466 e. The Labute approximate surface area is 199 Å². The molecule has 1 heterocycles. The quantitative estimate of drug-likeness (QED) is 0.271. The van der Waals surface area contributed by atoms with Crippen LogP contribution in [0.2, 0.25) is 5.02 Å². The van der Waals surface area contributed by atoms with Crippen LogP contribution in [0.4, 0.5) is 0 Å². The van der Waals surface area contributed by atoms with Crippen LogP contribution in [0.15, 0.2) is 83.3 Å². The molecule has 1 aliphatic heterocycles. The molecule has 3 aromatic rings. The molecule has 5 nitrogen and oxygen atoms in total. The first-order chi connectivity index (χ1) is 15.7. The Morgan fingerprint density at radius 1 is 0.909 bits per heavy atom. The van der Waals surface area contributed by atoms with Gasteiger partial charge in [-0.3, -0.25) is 0 Å². The number of rotatable bonds is 6. The smallest absolute Gasteiger partial charge is 0.335 e. The van der Waals surface area contributed by atoms with Gasteiger partial charge in [0.05, 0.1) is 29.7 Å². The summed E-state index contributed by atoms with van der Waals surface area (Å²) in [6, 6.07) is 20.1. The summed E-state index contributed by atoms with van der Waals surface area (Å²) in [5.74, 6) is -0.575. The first kappa shape index (κ1) is 23.2. The second kappa shape index (κ2) is 9.14. The van der Waals surface area contributed by atoms with Crippen LogP contribution in [0.1, 0.15) is 28.3 Å². The highest BCUT2D eigenvalue weighted by molar-refractivity contribution is 7.89. The number of halogens is 1. The first-order valence-corrected chi connectivity index (χ1v) is 12.3. The maximum absolute atomic E-state index is 13.6. The number of sulfonamides is 1. The summed E-state index contributed by atoms with van der Waals surface area (Å²) in [7, 11) is -2.57. The minimum Gasteiger partial charge on any atom is -0.466 e. The molecule has 170 valence electrons. The molecule has 3 atom stereocenters. The number of methoxy groups -OCH3 is 1. The second-order valence-electron chi connectivity index (χ2n) is 8.09. The zero-order valence-electron chi connectivity index (χ0n) is 18.5. The second-order valence-corrected chi connectivity index (χ2v) is 10.4. The lowest BCUT2D eigenvalue weighted by molar-refractivity contribution is -0.136. The van der Waals surface area contributed by atoms with Gasteiger partial charge in [0.1, 0.15) is 0 Å². The Kier molecular flexibility index (Phi) is 6.43.